The van der Waals surface area contributed by atoms with E-state index in [1.807, 2.05) is 13.0 Å². The number of nitrogens with one attached hydrogen (secondary N) is 2. The Morgan fingerprint density at radius 1 is 1.67 bits per heavy atom. The SMILES string of the molecule is CNC(=O)C1CNCCN1Cc1ccnc(C)n1. The number of carbonyl (C=O) groups is 1. The van der Waals surface area contributed by atoms with Gasteiger partial charge in [-0.15, -0.1) is 0 Å². The van der Waals surface area contributed by atoms with Crippen LogP contribution >= 0.6 is 0 Å². The molecule has 1 fully saturated rings. The second-order valence-electron chi connectivity index (χ2n) is 4.40. The largest absolute Gasteiger partial charge is 0.358 e. The Labute approximate surface area is 107 Å². The van der Waals surface area contributed by atoms with Crippen molar-refractivity contribution in [1.82, 2.24) is 25.5 Å². The number of amides is 1. The summed E-state index contributed by atoms with van der Waals surface area (Å²) < 4.78 is 0. The number of rotatable bonds is 3. The molecule has 1 atom stereocenters. The molecule has 1 aliphatic heterocycles. The highest BCUT2D eigenvalue weighted by Crippen LogP contribution is 2.08. The number of aromatic nitrogens is 2. The fourth-order valence-electron chi connectivity index (χ4n) is 2.16. The van der Waals surface area contributed by atoms with Gasteiger partial charge in [-0.05, 0) is 13.0 Å². The van der Waals surface area contributed by atoms with Crippen LogP contribution in [0, 0.1) is 6.92 Å². The van der Waals surface area contributed by atoms with Crippen molar-refractivity contribution in [2.75, 3.05) is 26.7 Å². The summed E-state index contributed by atoms with van der Waals surface area (Å²) in [5.74, 6) is 0.812. The van der Waals surface area contributed by atoms with E-state index in [2.05, 4.69) is 25.5 Å². The van der Waals surface area contributed by atoms with Gasteiger partial charge < -0.3 is 10.6 Å². The molecule has 1 saturated heterocycles. The maximum Gasteiger partial charge on any atom is 0.238 e. The molecule has 0 aliphatic carbocycles. The predicted molar refractivity (Wildman–Crippen MR) is 67.9 cm³/mol. The first-order valence-electron chi connectivity index (χ1n) is 6.15. The molecule has 1 amide bonds. The van der Waals surface area contributed by atoms with E-state index in [1.54, 1.807) is 13.2 Å². The van der Waals surface area contributed by atoms with Gasteiger partial charge in [0.1, 0.15) is 11.9 Å². The van der Waals surface area contributed by atoms with E-state index in [0.29, 0.717) is 13.1 Å². The number of hydrogen-bond donors (Lipinski definition) is 2. The lowest BCUT2D eigenvalue weighted by molar-refractivity contribution is -0.126. The zero-order valence-corrected chi connectivity index (χ0v) is 10.8. The molecular formula is C12H19N5O. The highest BCUT2D eigenvalue weighted by molar-refractivity contribution is 5.81. The van der Waals surface area contributed by atoms with Crippen molar-refractivity contribution < 1.29 is 4.79 Å². The number of hydrogen-bond acceptors (Lipinski definition) is 5. The van der Waals surface area contributed by atoms with Crippen LogP contribution in [-0.4, -0.2) is 53.5 Å². The average Bonchev–Trinajstić information content (AvgIpc) is 2.38. The average molecular weight is 249 g/mol. The lowest BCUT2D eigenvalue weighted by Crippen LogP contribution is -2.56. The molecule has 18 heavy (non-hydrogen) atoms. The van der Waals surface area contributed by atoms with Gasteiger partial charge in [0.15, 0.2) is 0 Å². The minimum atomic E-state index is -0.126. The van der Waals surface area contributed by atoms with E-state index in [4.69, 9.17) is 0 Å². The molecule has 6 heteroatoms. The highest BCUT2D eigenvalue weighted by Gasteiger charge is 2.27. The molecule has 0 aromatic carbocycles. The summed E-state index contributed by atoms with van der Waals surface area (Å²) in [7, 11) is 1.67. The van der Waals surface area contributed by atoms with Crippen LogP contribution in [0.3, 0.4) is 0 Å². The van der Waals surface area contributed by atoms with Crippen molar-refractivity contribution in [1.29, 1.82) is 0 Å². The third kappa shape index (κ3) is 3.02. The molecule has 1 aliphatic rings. The van der Waals surface area contributed by atoms with Crippen molar-refractivity contribution in [2.45, 2.75) is 19.5 Å². The molecule has 1 unspecified atom stereocenters. The number of likely N-dealkylation sites (N-methyl/N-ethyl adjacent to an activating group) is 1. The molecule has 2 N–H and O–H groups in total. The second kappa shape index (κ2) is 5.88. The first-order valence-corrected chi connectivity index (χ1v) is 6.15. The first-order chi connectivity index (χ1) is 8.70. The van der Waals surface area contributed by atoms with E-state index in [9.17, 15) is 4.79 Å². The third-order valence-electron chi connectivity index (χ3n) is 3.10. The summed E-state index contributed by atoms with van der Waals surface area (Å²) in [4.78, 5) is 22.4. The van der Waals surface area contributed by atoms with Gasteiger partial charge in [-0.2, -0.15) is 0 Å². The molecule has 2 rings (SSSR count). The minimum Gasteiger partial charge on any atom is -0.358 e. The zero-order valence-electron chi connectivity index (χ0n) is 10.8. The molecule has 98 valence electrons. The van der Waals surface area contributed by atoms with Gasteiger partial charge in [0.25, 0.3) is 0 Å². The normalized spacial score (nSPS) is 20.7. The van der Waals surface area contributed by atoms with Gasteiger partial charge in [-0.25, -0.2) is 9.97 Å². The number of carbonyl (C=O) groups excluding carboxylic acids is 1. The Hall–Kier alpha value is -1.53. The number of piperazine rings is 1. The Morgan fingerprint density at radius 2 is 2.50 bits per heavy atom. The molecule has 0 spiro atoms. The molecule has 1 aromatic rings. The molecule has 6 nitrogen and oxygen atoms in total. The standard InChI is InChI=1S/C12H19N5O/c1-9-15-4-3-10(16-9)8-17-6-5-14-7-11(17)12(18)13-2/h3-4,11,14H,5-8H2,1-2H3,(H,13,18). The minimum absolute atomic E-state index is 0.0491. The smallest absolute Gasteiger partial charge is 0.238 e. The molecule has 1 aromatic heterocycles. The summed E-state index contributed by atoms with van der Waals surface area (Å²) >= 11 is 0. The molecular weight excluding hydrogens is 230 g/mol. The van der Waals surface area contributed by atoms with Gasteiger partial charge in [0, 0.05) is 39.4 Å². The first kappa shape index (κ1) is 12.9. The van der Waals surface area contributed by atoms with Crippen LogP contribution in [0.25, 0.3) is 0 Å². The molecule has 0 radical (unpaired) electrons. The summed E-state index contributed by atoms with van der Waals surface area (Å²) in [6, 6.07) is 1.77. The summed E-state index contributed by atoms with van der Waals surface area (Å²) in [6.07, 6.45) is 1.76. The Bertz CT molecular complexity index is 423. The number of aryl methyl sites for hydroxylation is 1. The van der Waals surface area contributed by atoms with Gasteiger partial charge in [0.2, 0.25) is 5.91 Å². The Morgan fingerprint density at radius 3 is 3.22 bits per heavy atom. The van der Waals surface area contributed by atoms with Crippen LogP contribution in [0.2, 0.25) is 0 Å². The van der Waals surface area contributed by atoms with Crippen LogP contribution in [0.1, 0.15) is 11.5 Å². The Kier molecular flexibility index (Phi) is 4.22. The zero-order chi connectivity index (χ0) is 13.0. The maximum atomic E-state index is 11.8. The second-order valence-corrected chi connectivity index (χ2v) is 4.40. The number of nitrogens with zero attached hydrogens (tertiary/aromatic N) is 3. The van der Waals surface area contributed by atoms with E-state index >= 15 is 0 Å². The van der Waals surface area contributed by atoms with Crippen LogP contribution < -0.4 is 10.6 Å². The van der Waals surface area contributed by atoms with Gasteiger partial charge in [-0.1, -0.05) is 0 Å². The van der Waals surface area contributed by atoms with Crippen LogP contribution in [0.5, 0.6) is 0 Å². The van der Waals surface area contributed by atoms with Gasteiger partial charge >= 0.3 is 0 Å². The predicted octanol–water partition coefficient (Wildman–Crippen LogP) is -0.695. The van der Waals surface area contributed by atoms with Gasteiger partial charge in [0.05, 0.1) is 5.69 Å². The molecule has 0 saturated carbocycles. The van der Waals surface area contributed by atoms with E-state index in [1.165, 1.54) is 0 Å². The molecule has 2 heterocycles. The van der Waals surface area contributed by atoms with Gasteiger partial charge in [-0.3, -0.25) is 9.69 Å². The van der Waals surface area contributed by atoms with Crippen LogP contribution in [0.15, 0.2) is 12.3 Å². The lowest BCUT2D eigenvalue weighted by atomic mass is 10.1. The monoisotopic (exact) mass is 249 g/mol. The summed E-state index contributed by atoms with van der Waals surface area (Å²) in [6.45, 7) is 4.99. The Balaban J connectivity index is 2.07. The van der Waals surface area contributed by atoms with Crippen LogP contribution in [0.4, 0.5) is 0 Å². The van der Waals surface area contributed by atoms with Crippen molar-refractivity contribution >= 4 is 5.91 Å². The maximum absolute atomic E-state index is 11.8. The van der Waals surface area contributed by atoms with E-state index < -0.39 is 0 Å². The van der Waals surface area contributed by atoms with E-state index in [-0.39, 0.29) is 11.9 Å². The lowest BCUT2D eigenvalue weighted by Gasteiger charge is -2.34. The van der Waals surface area contributed by atoms with E-state index in [0.717, 1.165) is 24.6 Å². The quantitative estimate of drug-likeness (QED) is 0.741. The topological polar surface area (TPSA) is 70.2 Å². The van der Waals surface area contributed by atoms with Crippen molar-refractivity contribution in [2.24, 2.45) is 0 Å². The summed E-state index contributed by atoms with van der Waals surface area (Å²) in [5.41, 5.74) is 0.957. The van der Waals surface area contributed by atoms with Crippen LogP contribution in [-0.2, 0) is 11.3 Å². The van der Waals surface area contributed by atoms with Crippen molar-refractivity contribution in [3.8, 4) is 0 Å². The van der Waals surface area contributed by atoms with Crippen molar-refractivity contribution in [3.63, 3.8) is 0 Å². The summed E-state index contributed by atoms with van der Waals surface area (Å²) in [5, 5.41) is 5.95. The third-order valence-corrected chi connectivity index (χ3v) is 3.10. The highest BCUT2D eigenvalue weighted by atomic mass is 16.2. The van der Waals surface area contributed by atoms with Crippen molar-refractivity contribution in [3.05, 3.63) is 23.8 Å². The fourth-order valence-corrected chi connectivity index (χ4v) is 2.16. The fraction of sp³-hybridized carbons (Fsp3) is 0.583. The molecule has 0 bridgehead atoms.